The quantitative estimate of drug-likeness (QED) is 0.907. The van der Waals surface area contributed by atoms with E-state index in [2.05, 4.69) is 11.0 Å². The lowest BCUT2D eigenvalue weighted by molar-refractivity contribution is -0.137. The van der Waals surface area contributed by atoms with E-state index in [0.29, 0.717) is 0 Å². The molecule has 0 aliphatic carbocycles. The van der Waals surface area contributed by atoms with Gasteiger partial charge in [0.15, 0.2) is 0 Å². The molecule has 0 spiro atoms. The van der Waals surface area contributed by atoms with Crippen molar-refractivity contribution in [3.63, 3.8) is 0 Å². The fraction of sp³-hybridized carbons (Fsp3) is 0.533. The van der Waals surface area contributed by atoms with Gasteiger partial charge in [-0.1, -0.05) is 6.07 Å². The highest BCUT2D eigenvalue weighted by molar-refractivity contribution is 5.69. The minimum absolute atomic E-state index is 0.0712. The second kappa shape index (κ2) is 5.95. The monoisotopic (exact) mass is 263 g/mol. The van der Waals surface area contributed by atoms with Crippen molar-refractivity contribution in [3.8, 4) is 5.75 Å². The van der Waals surface area contributed by atoms with Crippen LogP contribution in [0.25, 0.3) is 0 Å². The number of aryl methyl sites for hydroxylation is 1. The number of ether oxygens (including phenoxy) is 1. The Balaban J connectivity index is 2.30. The Labute approximate surface area is 114 Å². The van der Waals surface area contributed by atoms with Crippen LogP contribution in [-0.4, -0.2) is 30.8 Å². The number of aliphatic carboxylic acids is 1. The minimum atomic E-state index is -0.733. The average molecular weight is 263 g/mol. The van der Waals surface area contributed by atoms with Gasteiger partial charge in [0.25, 0.3) is 0 Å². The number of methoxy groups -OCH3 is 1. The van der Waals surface area contributed by atoms with E-state index >= 15 is 0 Å². The van der Waals surface area contributed by atoms with Crippen LogP contribution in [0.15, 0.2) is 18.2 Å². The molecule has 4 heteroatoms. The van der Waals surface area contributed by atoms with Gasteiger partial charge in [0.2, 0.25) is 0 Å². The zero-order chi connectivity index (χ0) is 13.8. The molecule has 1 aliphatic rings. The number of anilines is 1. The maximum absolute atomic E-state index is 11.0. The number of nitrogens with zero attached hydrogens (tertiary/aromatic N) is 1. The van der Waals surface area contributed by atoms with Crippen LogP contribution in [-0.2, 0) is 4.79 Å². The number of rotatable bonds is 4. The van der Waals surface area contributed by atoms with Gasteiger partial charge in [-0.05, 0) is 43.9 Å². The maximum Gasteiger partial charge on any atom is 0.305 e. The smallest absolute Gasteiger partial charge is 0.305 e. The molecule has 4 nitrogen and oxygen atoms in total. The summed E-state index contributed by atoms with van der Waals surface area (Å²) < 4.78 is 5.42. The Kier molecular flexibility index (Phi) is 4.30. The van der Waals surface area contributed by atoms with Crippen LogP contribution in [0.4, 0.5) is 5.69 Å². The van der Waals surface area contributed by atoms with Gasteiger partial charge in [0.05, 0.1) is 19.2 Å². The summed E-state index contributed by atoms with van der Waals surface area (Å²) >= 11 is 0. The van der Waals surface area contributed by atoms with Crippen LogP contribution >= 0.6 is 0 Å². The third-order valence-electron chi connectivity index (χ3n) is 3.68. The van der Waals surface area contributed by atoms with E-state index in [0.717, 1.165) is 42.8 Å². The van der Waals surface area contributed by atoms with Crippen molar-refractivity contribution in [2.75, 3.05) is 18.6 Å². The largest absolute Gasteiger partial charge is 0.495 e. The summed E-state index contributed by atoms with van der Waals surface area (Å²) in [6.45, 7) is 2.94. The predicted octanol–water partition coefficient (Wildman–Crippen LogP) is 2.84. The van der Waals surface area contributed by atoms with Crippen molar-refractivity contribution in [2.24, 2.45) is 0 Å². The van der Waals surface area contributed by atoms with Gasteiger partial charge in [0.1, 0.15) is 5.75 Å². The van der Waals surface area contributed by atoms with E-state index in [9.17, 15) is 4.79 Å². The molecule has 104 valence electrons. The molecule has 0 aromatic heterocycles. The average Bonchev–Trinajstić information content (AvgIpc) is 2.38. The number of hydrogen-bond acceptors (Lipinski definition) is 3. The topological polar surface area (TPSA) is 49.8 Å². The Morgan fingerprint density at radius 2 is 2.26 bits per heavy atom. The molecule has 1 saturated heterocycles. The normalized spacial score (nSPS) is 19.3. The summed E-state index contributed by atoms with van der Waals surface area (Å²) in [5.41, 5.74) is 2.18. The molecule has 1 aromatic carbocycles. The van der Waals surface area contributed by atoms with E-state index in [1.165, 1.54) is 0 Å². The summed E-state index contributed by atoms with van der Waals surface area (Å²) in [6, 6.07) is 6.12. The van der Waals surface area contributed by atoms with Crippen molar-refractivity contribution >= 4 is 11.7 Å². The molecule has 19 heavy (non-hydrogen) atoms. The number of piperidine rings is 1. The Hall–Kier alpha value is -1.71. The van der Waals surface area contributed by atoms with Gasteiger partial charge in [-0.25, -0.2) is 0 Å². The van der Waals surface area contributed by atoms with Crippen LogP contribution in [0.3, 0.4) is 0 Å². The summed E-state index contributed by atoms with van der Waals surface area (Å²) in [4.78, 5) is 13.2. The number of hydrogen-bond donors (Lipinski definition) is 1. The van der Waals surface area contributed by atoms with Gasteiger partial charge < -0.3 is 14.7 Å². The second-order valence-electron chi connectivity index (χ2n) is 5.12. The second-order valence-corrected chi connectivity index (χ2v) is 5.12. The van der Waals surface area contributed by atoms with Crippen molar-refractivity contribution in [2.45, 2.75) is 38.6 Å². The van der Waals surface area contributed by atoms with Crippen LogP contribution < -0.4 is 9.64 Å². The number of carbonyl (C=O) groups is 1. The fourth-order valence-corrected chi connectivity index (χ4v) is 2.76. The zero-order valence-electron chi connectivity index (χ0n) is 11.6. The number of carboxylic acids is 1. The van der Waals surface area contributed by atoms with E-state index in [4.69, 9.17) is 9.84 Å². The first-order valence-electron chi connectivity index (χ1n) is 6.75. The van der Waals surface area contributed by atoms with Crippen molar-refractivity contribution in [3.05, 3.63) is 23.8 Å². The first-order chi connectivity index (χ1) is 9.11. The molecule has 1 unspecified atom stereocenters. The van der Waals surface area contributed by atoms with Crippen LogP contribution in [0, 0.1) is 6.92 Å². The lowest BCUT2D eigenvalue weighted by Gasteiger charge is -2.37. The van der Waals surface area contributed by atoms with E-state index in [1.807, 2.05) is 19.1 Å². The maximum atomic E-state index is 11.0. The predicted molar refractivity (Wildman–Crippen MR) is 75.0 cm³/mol. The molecule has 1 N–H and O–H groups in total. The number of carboxylic acid groups (broad SMARTS) is 1. The first kappa shape index (κ1) is 13.7. The molecule has 2 rings (SSSR count). The Bertz CT molecular complexity index is 459. The van der Waals surface area contributed by atoms with E-state index in [1.54, 1.807) is 7.11 Å². The van der Waals surface area contributed by atoms with E-state index < -0.39 is 5.97 Å². The van der Waals surface area contributed by atoms with Gasteiger partial charge in [-0.3, -0.25) is 4.79 Å². The van der Waals surface area contributed by atoms with Crippen molar-refractivity contribution < 1.29 is 14.6 Å². The molecule has 0 radical (unpaired) electrons. The van der Waals surface area contributed by atoms with Crippen LogP contribution in [0.5, 0.6) is 5.75 Å². The molecule has 0 saturated carbocycles. The molecule has 1 atom stereocenters. The molecule has 1 fully saturated rings. The van der Waals surface area contributed by atoms with Crippen molar-refractivity contribution in [1.82, 2.24) is 0 Å². The minimum Gasteiger partial charge on any atom is -0.495 e. The summed E-state index contributed by atoms with van der Waals surface area (Å²) in [5.74, 6) is 0.0893. The molecule has 0 bridgehead atoms. The van der Waals surface area contributed by atoms with Gasteiger partial charge in [0, 0.05) is 12.6 Å². The summed E-state index contributed by atoms with van der Waals surface area (Å²) in [7, 11) is 1.66. The van der Waals surface area contributed by atoms with Gasteiger partial charge in [-0.2, -0.15) is 0 Å². The Morgan fingerprint density at radius 1 is 1.47 bits per heavy atom. The molecule has 1 aliphatic heterocycles. The van der Waals surface area contributed by atoms with Crippen LogP contribution in [0.2, 0.25) is 0 Å². The highest BCUT2D eigenvalue weighted by atomic mass is 16.5. The molecule has 1 aromatic rings. The molecule has 0 amide bonds. The van der Waals surface area contributed by atoms with Gasteiger partial charge in [-0.15, -0.1) is 0 Å². The van der Waals surface area contributed by atoms with E-state index in [-0.39, 0.29) is 12.5 Å². The summed E-state index contributed by atoms with van der Waals surface area (Å²) in [6.07, 6.45) is 3.33. The first-order valence-corrected chi connectivity index (χ1v) is 6.75. The SMILES string of the molecule is COc1ccc(C)cc1N1CCCCC1CC(=O)O. The van der Waals surface area contributed by atoms with Crippen LogP contribution in [0.1, 0.15) is 31.2 Å². The Morgan fingerprint density at radius 3 is 2.95 bits per heavy atom. The lowest BCUT2D eigenvalue weighted by atomic mass is 9.98. The molecular weight excluding hydrogens is 242 g/mol. The lowest BCUT2D eigenvalue weighted by Crippen LogP contribution is -2.41. The zero-order valence-corrected chi connectivity index (χ0v) is 11.6. The summed E-state index contributed by atoms with van der Waals surface area (Å²) in [5, 5.41) is 9.05. The highest BCUT2D eigenvalue weighted by Gasteiger charge is 2.26. The van der Waals surface area contributed by atoms with Crippen molar-refractivity contribution in [1.29, 1.82) is 0 Å². The highest BCUT2D eigenvalue weighted by Crippen LogP contribution is 2.34. The van der Waals surface area contributed by atoms with Gasteiger partial charge >= 0.3 is 5.97 Å². The third kappa shape index (κ3) is 3.19. The standard InChI is InChI=1S/C15H21NO3/c1-11-6-7-14(19-2)13(9-11)16-8-4-3-5-12(16)10-15(17)18/h6-7,9,12H,3-5,8,10H2,1-2H3,(H,17,18). The molecular formula is C15H21NO3. The number of benzene rings is 1. The molecule has 1 heterocycles. The third-order valence-corrected chi connectivity index (χ3v) is 3.68. The fourth-order valence-electron chi connectivity index (χ4n) is 2.76.